The predicted molar refractivity (Wildman–Crippen MR) is 99.4 cm³/mol. The van der Waals surface area contributed by atoms with E-state index in [1.807, 2.05) is 20.8 Å². The molecule has 0 spiro atoms. The number of nitrogens with one attached hydrogen (secondary N) is 2. The molecule has 2 rings (SSSR count). The Morgan fingerprint density at radius 2 is 1.96 bits per heavy atom. The first-order valence-electron chi connectivity index (χ1n) is 8.24. The third kappa shape index (κ3) is 4.63. The minimum atomic E-state index is -0.332. The highest BCUT2D eigenvalue weighted by molar-refractivity contribution is 6.30. The average Bonchev–Trinajstić information content (AvgIpc) is 2.82. The number of H-pyrrole nitrogens is 1. The zero-order valence-corrected chi connectivity index (χ0v) is 15.7. The zero-order valence-electron chi connectivity index (χ0n) is 15.0. The molecule has 0 saturated carbocycles. The van der Waals surface area contributed by atoms with Crippen molar-refractivity contribution in [1.29, 1.82) is 0 Å². The van der Waals surface area contributed by atoms with E-state index in [1.54, 1.807) is 25.1 Å². The molecule has 0 atom stereocenters. The van der Waals surface area contributed by atoms with E-state index >= 15 is 0 Å². The first kappa shape index (κ1) is 19.1. The van der Waals surface area contributed by atoms with E-state index in [9.17, 15) is 9.59 Å². The van der Waals surface area contributed by atoms with Crippen molar-refractivity contribution in [2.45, 2.75) is 40.5 Å². The van der Waals surface area contributed by atoms with E-state index in [0.717, 1.165) is 28.2 Å². The number of carbonyl (C=O) groups excluding carboxylic acids is 2. The van der Waals surface area contributed by atoms with E-state index in [1.165, 1.54) is 0 Å². The second-order valence-corrected chi connectivity index (χ2v) is 6.39. The van der Waals surface area contributed by atoms with Crippen molar-refractivity contribution < 1.29 is 14.3 Å². The van der Waals surface area contributed by atoms with Crippen LogP contribution < -0.4 is 5.32 Å². The molecule has 0 aliphatic rings. The quantitative estimate of drug-likeness (QED) is 0.751. The Kier molecular flexibility index (Phi) is 6.26. The maximum atomic E-state index is 12.2. The van der Waals surface area contributed by atoms with E-state index in [0.29, 0.717) is 30.0 Å². The van der Waals surface area contributed by atoms with Gasteiger partial charge in [-0.2, -0.15) is 0 Å². The van der Waals surface area contributed by atoms with Crippen LogP contribution in [0.3, 0.4) is 0 Å². The number of aromatic amines is 1. The lowest BCUT2D eigenvalue weighted by atomic mass is 10.1. The van der Waals surface area contributed by atoms with Gasteiger partial charge in [0.05, 0.1) is 12.2 Å². The largest absolute Gasteiger partial charge is 0.462 e. The van der Waals surface area contributed by atoms with Crippen molar-refractivity contribution in [1.82, 2.24) is 4.98 Å². The number of amides is 1. The van der Waals surface area contributed by atoms with Crippen LogP contribution in [0.4, 0.5) is 5.69 Å². The molecule has 0 radical (unpaired) electrons. The topological polar surface area (TPSA) is 71.2 Å². The summed E-state index contributed by atoms with van der Waals surface area (Å²) in [7, 11) is 0. The SMILES string of the molecule is CCOC(=O)c1c(C)[nH]c(CCC(=O)Nc2ccc(Cl)cc2C)c1C. The maximum absolute atomic E-state index is 12.2. The number of carbonyl (C=O) groups is 2. The lowest BCUT2D eigenvalue weighted by Crippen LogP contribution is -2.13. The van der Waals surface area contributed by atoms with Gasteiger partial charge >= 0.3 is 5.97 Å². The lowest BCUT2D eigenvalue weighted by Gasteiger charge is -2.08. The minimum Gasteiger partial charge on any atom is -0.462 e. The molecular weight excluding hydrogens is 340 g/mol. The van der Waals surface area contributed by atoms with Gasteiger partial charge in [-0.1, -0.05) is 11.6 Å². The molecule has 0 bridgehead atoms. The van der Waals surface area contributed by atoms with E-state index in [4.69, 9.17) is 16.3 Å². The van der Waals surface area contributed by atoms with Crippen LogP contribution in [0.1, 0.15) is 46.2 Å². The molecule has 25 heavy (non-hydrogen) atoms. The average molecular weight is 363 g/mol. The molecule has 1 amide bonds. The van der Waals surface area contributed by atoms with Crippen molar-refractivity contribution in [3.8, 4) is 0 Å². The first-order chi connectivity index (χ1) is 11.8. The van der Waals surface area contributed by atoms with Gasteiger partial charge in [-0.05, 0) is 63.4 Å². The zero-order chi connectivity index (χ0) is 18.6. The van der Waals surface area contributed by atoms with Crippen molar-refractivity contribution in [2.75, 3.05) is 11.9 Å². The van der Waals surface area contributed by atoms with Crippen LogP contribution in [0.2, 0.25) is 5.02 Å². The van der Waals surface area contributed by atoms with E-state index < -0.39 is 0 Å². The summed E-state index contributed by atoms with van der Waals surface area (Å²) in [6, 6.07) is 5.34. The molecule has 1 aromatic heterocycles. The number of halogens is 1. The standard InChI is InChI=1S/C19H23ClN2O3/c1-5-25-19(24)18-12(3)16(21-13(18)4)8-9-17(23)22-15-7-6-14(20)10-11(15)2/h6-7,10,21H,5,8-9H2,1-4H3,(H,22,23). The molecule has 5 nitrogen and oxygen atoms in total. The molecular formula is C19H23ClN2O3. The minimum absolute atomic E-state index is 0.0882. The van der Waals surface area contributed by atoms with Gasteiger partial charge in [0.2, 0.25) is 5.91 Å². The monoisotopic (exact) mass is 362 g/mol. The fourth-order valence-corrected chi connectivity index (χ4v) is 3.02. The van der Waals surface area contributed by atoms with Crippen LogP contribution in [-0.4, -0.2) is 23.5 Å². The Morgan fingerprint density at radius 1 is 1.24 bits per heavy atom. The lowest BCUT2D eigenvalue weighted by molar-refractivity contribution is -0.116. The smallest absolute Gasteiger partial charge is 0.340 e. The number of esters is 1. The van der Waals surface area contributed by atoms with Gasteiger partial charge in [0, 0.05) is 28.5 Å². The number of aryl methyl sites for hydroxylation is 3. The molecule has 1 aromatic carbocycles. The molecule has 0 saturated heterocycles. The summed E-state index contributed by atoms with van der Waals surface area (Å²) in [5, 5.41) is 3.53. The number of rotatable bonds is 6. The Bertz CT molecular complexity index is 796. The Morgan fingerprint density at radius 3 is 2.60 bits per heavy atom. The van der Waals surface area contributed by atoms with E-state index in [2.05, 4.69) is 10.3 Å². The van der Waals surface area contributed by atoms with Gasteiger partial charge in [0.25, 0.3) is 0 Å². The summed E-state index contributed by atoms with van der Waals surface area (Å²) >= 11 is 5.92. The first-order valence-corrected chi connectivity index (χ1v) is 8.62. The van der Waals surface area contributed by atoms with Crippen LogP contribution in [0.5, 0.6) is 0 Å². The van der Waals surface area contributed by atoms with Crippen molar-refractivity contribution in [2.24, 2.45) is 0 Å². The number of benzene rings is 1. The van der Waals surface area contributed by atoms with Crippen molar-refractivity contribution in [3.05, 3.63) is 51.3 Å². The fourth-order valence-electron chi connectivity index (χ4n) is 2.79. The summed E-state index contributed by atoms with van der Waals surface area (Å²) in [6.45, 7) is 7.71. The van der Waals surface area contributed by atoms with E-state index in [-0.39, 0.29) is 11.9 Å². The van der Waals surface area contributed by atoms with Crippen LogP contribution >= 0.6 is 11.6 Å². The van der Waals surface area contributed by atoms with Gasteiger partial charge in [-0.15, -0.1) is 0 Å². The second-order valence-electron chi connectivity index (χ2n) is 5.96. The van der Waals surface area contributed by atoms with Gasteiger partial charge in [-0.3, -0.25) is 4.79 Å². The van der Waals surface area contributed by atoms with Crippen LogP contribution in [0.25, 0.3) is 0 Å². The number of aromatic nitrogens is 1. The molecule has 134 valence electrons. The van der Waals surface area contributed by atoms with Gasteiger partial charge < -0.3 is 15.0 Å². The van der Waals surface area contributed by atoms with Gasteiger partial charge in [0.1, 0.15) is 0 Å². The summed E-state index contributed by atoms with van der Waals surface area (Å²) in [5.74, 6) is -0.420. The fraction of sp³-hybridized carbons (Fsp3) is 0.368. The highest BCUT2D eigenvalue weighted by Gasteiger charge is 2.19. The second kappa shape index (κ2) is 8.21. The van der Waals surface area contributed by atoms with Crippen LogP contribution in [0.15, 0.2) is 18.2 Å². The summed E-state index contributed by atoms with van der Waals surface area (Å²) in [5.41, 5.74) is 4.71. The van der Waals surface area contributed by atoms with Crippen molar-refractivity contribution >= 4 is 29.2 Å². The normalized spacial score (nSPS) is 10.6. The molecule has 0 aliphatic carbocycles. The Labute approximate surface area is 152 Å². The number of ether oxygens (including phenoxy) is 1. The number of hydrogen-bond donors (Lipinski definition) is 2. The number of hydrogen-bond acceptors (Lipinski definition) is 3. The van der Waals surface area contributed by atoms with Crippen LogP contribution in [0, 0.1) is 20.8 Å². The predicted octanol–water partition coefficient (Wildman–Crippen LogP) is 4.34. The highest BCUT2D eigenvalue weighted by Crippen LogP contribution is 2.22. The number of anilines is 1. The molecule has 0 aliphatic heterocycles. The third-order valence-electron chi connectivity index (χ3n) is 4.09. The van der Waals surface area contributed by atoms with Gasteiger partial charge in [-0.25, -0.2) is 4.79 Å². The molecule has 0 fully saturated rings. The summed E-state index contributed by atoms with van der Waals surface area (Å²) < 4.78 is 5.08. The summed E-state index contributed by atoms with van der Waals surface area (Å²) in [6.07, 6.45) is 0.829. The summed E-state index contributed by atoms with van der Waals surface area (Å²) in [4.78, 5) is 27.4. The maximum Gasteiger partial charge on any atom is 0.340 e. The Hall–Kier alpha value is -2.27. The molecule has 1 heterocycles. The highest BCUT2D eigenvalue weighted by atomic mass is 35.5. The molecule has 6 heteroatoms. The Balaban J connectivity index is 2.02. The van der Waals surface area contributed by atoms with Crippen LogP contribution in [-0.2, 0) is 16.0 Å². The van der Waals surface area contributed by atoms with Crippen molar-refractivity contribution in [3.63, 3.8) is 0 Å². The molecule has 2 N–H and O–H groups in total. The van der Waals surface area contributed by atoms with Gasteiger partial charge in [0.15, 0.2) is 0 Å². The third-order valence-corrected chi connectivity index (χ3v) is 4.32. The molecule has 0 unspecified atom stereocenters. The molecule has 2 aromatic rings.